The molecule has 0 saturated carbocycles. The van der Waals surface area contributed by atoms with Crippen LogP contribution in [0, 0.1) is 11.8 Å². The largest absolute Gasteiger partial charge is 0.0998 e. The van der Waals surface area contributed by atoms with Crippen molar-refractivity contribution in [1.29, 1.82) is 0 Å². The molecule has 0 aliphatic rings. The third-order valence-corrected chi connectivity index (χ3v) is 4.77. The molecule has 0 heterocycles. The van der Waals surface area contributed by atoms with Crippen molar-refractivity contribution in [3.05, 3.63) is 59.8 Å². The second-order valence-electron chi connectivity index (χ2n) is 7.45. The molecule has 2 unspecified atom stereocenters. The molecular weight excluding hydrogens is 288 g/mol. The van der Waals surface area contributed by atoms with E-state index >= 15 is 0 Å². The SMILES string of the molecule is C=C(C)C/C=C(\C)C(C)CCC(C)CC/C=C/C=C/C=C(\C)CC. The van der Waals surface area contributed by atoms with Gasteiger partial charge >= 0.3 is 0 Å². The lowest BCUT2D eigenvalue weighted by Gasteiger charge is -2.16. The molecule has 0 radical (unpaired) electrons. The molecule has 0 aromatic carbocycles. The van der Waals surface area contributed by atoms with Crippen molar-refractivity contribution in [1.82, 2.24) is 0 Å². The lowest BCUT2D eigenvalue weighted by Crippen LogP contribution is -2.01. The van der Waals surface area contributed by atoms with Crippen LogP contribution < -0.4 is 0 Å². The molecule has 0 amide bonds. The summed E-state index contributed by atoms with van der Waals surface area (Å²) < 4.78 is 0. The minimum absolute atomic E-state index is 0.693. The van der Waals surface area contributed by atoms with E-state index in [1.807, 2.05) is 0 Å². The predicted octanol–water partition coefficient (Wildman–Crippen LogP) is 8.20. The van der Waals surface area contributed by atoms with E-state index in [0.29, 0.717) is 5.92 Å². The van der Waals surface area contributed by atoms with E-state index in [1.54, 1.807) is 0 Å². The molecule has 24 heavy (non-hydrogen) atoms. The molecular formula is C24H40. The number of allylic oxidation sites excluding steroid dienone is 9. The van der Waals surface area contributed by atoms with E-state index in [4.69, 9.17) is 0 Å². The van der Waals surface area contributed by atoms with Crippen LogP contribution in [0.3, 0.4) is 0 Å². The van der Waals surface area contributed by atoms with Crippen molar-refractivity contribution in [2.24, 2.45) is 11.8 Å². The summed E-state index contributed by atoms with van der Waals surface area (Å²) in [6, 6.07) is 0. The Morgan fingerprint density at radius 3 is 2.29 bits per heavy atom. The van der Waals surface area contributed by atoms with Crippen molar-refractivity contribution in [2.75, 3.05) is 0 Å². The Kier molecular flexibility index (Phi) is 13.3. The molecule has 0 fully saturated rings. The Morgan fingerprint density at radius 2 is 1.67 bits per heavy atom. The Hall–Kier alpha value is -1.30. The molecule has 0 aromatic heterocycles. The zero-order valence-electron chi connectivity index (χ0n) is 17.1. The van der Waals surface area contributed by atoms with E-state index in [0.717, 1.165) is 18.8 Å². The molecule has 2 atom stereocenters. The van der Waals surface area contributed by atoms with E-state index in [-0.39, 0.29) is 0 Å². The third kappa shape index (κ3) is 13.2. The van der Waals surface area contributed by atoms with E-state index in [9.17, 15) is 0 Å². The van der Waals surface area contributed by atoms with Crippen molar-refractivity contribution in [3.63, 3.8) is 0 Å². The zero-order valence-corrected chi connectivity index (χ0v) is 17.1. The van der Waals surface area contributed by atoms with Crippen molar-refractivity contribution in [2.45, 2.75) is 80.1 Å². The second kappa shape index (κ2) is 14.1. The van der Waals surface area contributed by atoms with Gasteiger partial charge < -0.3 is 0 Å². The van der Waals surface area contributed by atoms with Crippen LogP contribution in [-0.4, -0.2) is 0 Å². The highest BCUT2D eigenvalue weighted by Gasteiger charge is 2.07. The first-order chi connectivity index (χ1) is 11.4. The summed E-state index contributed by atoms with van der Waals surface area (Å²) in [5.41, 5.74) is 4.19. The van der Waals surface area contributed by atoms with E-state index < -0.39 is 0 Å². The highest BCUT2D eigenvalue weighted by Crippen LogP contribution is 2.22. The van der Waals surface area contributed by atoms with Gasteiger partial charge in [0.2, 0.25) is 0 Å². The molecule has 0 bridgehead atoms. The minimum Gasteiger partial charge on any atom is -0.0998 e. The van der Waals surface area contributed by atoms with Gasteiger partial charge in [-0.15, -0.1) is 0 Å². The van der Waals surface area contributed by atoms with Crippen LogP contribution in [0.25, 0.3) is 0 Å². The van der Waals surface area contributed by atoms with Gasteiger partial charge in [-0.1, -0.05) is 86.9 Å². The van der Waals surface area contributed by atoms with Crippen LogP contribution in [0.1, 0.15) is 80.1 Å². The highest BCUT2D eigenvalue weighted by molar-refractivity contribution is 5.15. The molecule has 0 aromatic rings. The van der Waals surface area contributed by atoms with Gasteiger partial charge in [-0.05, 0) is 64.7 Å². The van der Waals surface area contributed by atoms with Gasteiger partial charge in [0.1, 0.15) is 0 Å². The monoisotopic (exact) mass is 328 g/mol. The first kappa shape index (κ1) is 22.7. The molecule has 0 spiro atoms. The Labute approximate surface area is 152 Å². The van der Waals surface area contributed by atoms with Gasteiger partial charge in [-0.25, -0.2) is 0 Å². The molecule has 136 valence electrons. The Morgan fingerprint density at radius 1 is 0.958 bits per heavy atom. The molecule has 0 nitrogen and oxygen atoms in total. The highest BCUT2D eigenvalue weighted by atomic mass is 14.1. The fraction of sp³-hybridized carbons (Fsp3) is 0.583. The maximum atomic E-state index is 3.97. The van der Waals surface area contributed by atoms with Crippen LogP contribution in [0.5, 0.6) is 0 Å². The van der Waals surface area contributed by atoms with Gasteiger partial charge in [0.25, 0.3) is 0 Å². The summed E-state index contributed by atoms with van der Waals surface area (Å²) in [4.78, 5) is 0. The summed E-state index contributed by atoms with van der Waals surface area (Å²) in [6.45, 7) is 17.4. The Bertz CT molecular complexity index is 456. The number of hydrogen-bond donors (Lipinski definition) is 0. The summed E-state index contributed by atoms with van der Waals surface area (Å²) in [6.07, 6.45) is 20.5. The third-order valence-electron chi connectivity index (χ3n) is 4.77. The quantitative estimate of drug-likeness (QED) is 0.250. The molecule has 0 aliphatic carbocycles. The topological polar surface area (TPSA) is 0 Å². The second-order valence-corrected chi connectivity index (χ2v) is 7.45. The lowest BCUT2D eigenvalue weighted by atomic mass is 9.90. The molecule has 0 rings (SSSR count). The first-order valence-corrected chi connectivity index (χ1v) is 9.66. The number of hydrogen-bond acceptors (Lipinski definition) is 0. The van der Waals surface area contributed by atoms with Gasteiger partial charge in [0.05, 0.1) is 0 Å². The summed E-state index contributed by atoms with van der Waals surface area (Å²) in [5.74, 6) is 1.50. The van der Waals surface area contributed by atoms with Crippen LogP contribution >= 0.6 is 0 Å². The zero-order chi connectivity index (χ0) is 18.4. The summed E-state index contributed by atoms with van der Waals surface area (Å²) in [5, 5.41) is 0. The van der Waals surface area contributed by atoms with Crippen molar-refractivity contribution >= 4 is 0 Å². The van der Waals surface area contributed by atoms with Crippen molar-refractivity contribution < 1.29 is 0 Å². The van der Waals surface area contributed by atoms with Crippen LogP contribution in [0.15, 0.2) is 59.8 Å². The average Bonchev–Trinajstić information content (AvgIpc) is 2.56. The predicted molar refractivity (Wildman–Crippen MR) is 112 cm³/mol. The average molecular weight is 329 g/mol. The fourth-order valence-electron chi connectivity index (χ4n) is 2.40. The van der Waals surface area contributed by atoms with E-state index in [2.05, 4.69) is 84.6 Å². The van der Waals surface area contributed by atoms with E-state index in [1.165, 1.54) is 42.4 Å². The number of rotatable bonds is 12. The maximum absolute atomic E-state index is 3.97. The fourth-order valence-corrected chi connectivity index (χ4v) is 2.40. The molecule has 0 saturated heterocycles. The van der Waals surface area contributed by atoms with Gasteiger partial charge in [0, 0.05) is 0 Å². The molecule has 0 aliphatic heterocycles. The van der Waals surface area contributed by atoms with Gasteiger partial charge in [-0.3, -0.25) is 0 Å². The maximum Gasteiger partial charge on any atom is -0.0142 e. The standard InChI is InChI=1S/C24H40/c1-8-21(4)14-12-10-9-11-13-15-22(5)17-19-24(7)23(6)18-16-20(2)3/h9-12,14,18,22,24H,2,8,13,15-17,19H2,1,3-7H3/b11-9+,12-10+,21-14+,23-18+. The van der Waals surface area contributed by atoms with Crippen LogP contribution in [0.2, 0.25) is 0 Å². The van der Waals surface area contributed by atoms with Crippen LogP contribution in [0.4, 0.5) is 0 Å². The first-order valence-electron chi connectivity index (χ1n) is 9.66. The Balaban J connectivity index is 3.96. The summed E-state index contributed by atoms with van der Waals surface area (Å²) >= 11 is 0. The summed E-state index contributed by atoms with van der Waals surface area (Å²) in [7, 11) is 0. The molecule has 0 heteroatoms. The lowest BCUT2D eigenvalue weighted by molar-refractivity contribution is 0.439. The molecule has 0 N–H and O–H groups in total. The smallest absolute Gasteiger partial charge is 0.0142 e. The normalized spacial score (nSPS) is 16.1. The van der Waals surface area contributed by atoms with Crippen LogP contribution in [-0.2, 0) is 0 Å². The van der Waals surface area contributed by atoms with Gasteiger partial charge in [-0.2, -0.15) is 0 Å². The minimum atomic E-state index is 0.693. The van der Waals surface area contributed by atoms with Gasteiger partial charge in [0.15, 0.2) is 0 Å². The van der Waals surface area contributed by atoms with Crippen molar-refractivity contribution in [3.8, 4) is 0 Å².